The van der Waals surface area contributed by atoms with Crippen LogP contribution in [0.15, 0.2) is 25.0 Å². The molecule has 3 nitrogen and oxygen atoms in total. The zero-order valence-corrected chi connectivity index (χ0v) is 8.15. The highest BCUT2D eigenvalue weighted by molar-refractivity contribution is 5.47. The summed E-state index contributed by atoms with van der Waals surface area (Å²) >= 11 is 0. The summed E-state index contributed by atoms with van der Waals surface area (Å²) in [4.78, 5) is 6.31. The summed E-state index contributed by atoms with van der Waals surface area (Å²) in [5.74, 6) is 0.814. The molecule has 14 heavy (non-hydrogen) atoms. The molecule has 2 rings (SSSR count). The van der Waals surface area contributed by atoms with Gasteiger partial charge in [0.15, 0.2) is 0 Å². The highest BCUT2D eigenvalue weighted by Crippen LogP contribution is 2.13. The second-order valence-electron chi connectivity index (χ2n) is 3.40. The molecule has 74 valence electrons. The van der Waals surface area contributed by atoms with Crippen LogP contribution in [0.4, 0.5) is 0 Å². The van der Waals surface area contributed by atoms with Crippen molar-refractivity contribution in [3.8, 4) is 5.75 Å². The summed E-state index contributed by atoms with van der Waals surface area (Å²) in [6.45, 7) is 6.65. The van der Waals surface area contributed by atoms with E-state index in [1.807, 2.05) is 6.07 Å². The van der Waals surface area contributed by atoms with Crippen molar-refractivity contribution in [2.75, 3.05) is 19.8 Å². The highest BCUT2D eigenvalue weighted by atomic mass is 16.5. The van der Waals surface area contributed by atoms with Crippen molar-refractivity contribution in [3.05, 3.63) is 30.6 Å². The van der Waals surface area contributed by atoms with Crippen LogP contribution in [-0.4, -0.2) is 29.7 Å². The molecule has 1 fully saturated rings. The molecule has 1 aliphatic rings. The molecular formula is C11H14N2O. The van der Waals surface area contributed by atoms with Gasteiger partial charge in [-0.05, 0) is 18.1 Å². The van der Waals surface area contributed by atoms with Gasteiger partial charge in [-0.2, -0.15) is 0 Å². The Hall–Kier alpha value is -1.35. The van der Waals surface area contributed by atoms with Crippen LogP contribution in [0.25, 0.3) is 6.08 Å². The smallest absolute Gasteiger partial charge is 0.142 e. The third-order valence-electron chi connectivity index (χ3n) is 2.33. The van der Waals surface area contributed by atoms with Crippen LogP contribution >= 0.6 is 0 Å². The predicted molar refractivity (Wildman–Crippen MR) is 56.0 cm³/mol. The third kappa shape index (κ3) is 2.12. The summed E-state index contributed by atoms with van der Waals surface area (Å²) in [6, 6.07) is 1.94. The van der Waals surface area contributed by atoms with Crippen molar-refractivity contribution in [1.82, 2.24) is 9.88 Å². The Kier molecular flexibility index (Phi) is 2.79. The van der Waals surface area contributed by atoms with Crippen molar-refractivity contribution in [3.63, 3.8) is 0 Å². The molecule has 3 heteroatoms. The van der Waals surface area contributed by atoms with Crippen molar-refractivity contribution in [1.29, 1.82) is 0 Å². The molecule has 1 aliphatic heterocycles. The SMILES string of the molecule is C=Cc1cncc(OCN2CCC2)c1. The van der Waals surface area contributed by atoms with E-state index in [2.05, 4.69) is 16.5 Å². The van der Waals surface area contributed by atoms with Crippen molar-refractivity contribution in [2.24, 2.45) is 0 Å². The van der Waals surface area contributed by atoms with E-state index in [9.17, 15) is 0 Å². The van der Waals surface area contributed by atoms with Gasteiger partial charge in [0.05, 0.1) is 6.20 Å². The Balaban J connectivity index is 1.90. The van der Waals surface area contributed by atoms with Gasteiger partial charge in [0.1, 0.15) is 12.5 Å². The number of pyridine rings is 1. The Bertz CT molecular complexity index is 321. The molecule has 1 saturated heterocycles. The monoisotopic (exact) mass is 190 g/mol. The lowest BCUT2D eigenvalue weighted by Crippen LogP contribution is -2.39. The van der Waals surface area contributed by atoms with Crippen LogP contribution in [0.3, 0.4) is 0 Å². The quantitative estimate of drug-likeness (QED) is 0.723. The van der Waals surface area contributed by atoms with Gasteiger partial charge in [0.25, 0.3) is 0 Å². The summed E-state index contributed by atoms with van der Waals surface area (Å²) < 4.78 is 5.57. The van der Waals surface area contributed by atoms with Crippen LogP contribution in [0.5, 0.6) is 5.75 Å². The van der Waals surface area contributed by atoms with E-state index in [1.54, 1.807) is 18.5 Å². The van der Waals surface area contributed by atoms with E-state index >= 15 is 0 Å². The number of aromatic nitrogens is 1. The minimum Gasteiger partial charge on any atom is -0.477 e. The first-order chi connectivity index (χ1) is 6.88. The summed E-state index contributed by atoms with van der Waals surface area (Å²) in [5.41, 5.74) is 0.992. The number of hydrogen-bond acceptors (Lipinski definition) is 3. The number of ether oxygens (including phenoxy) is 1. The predicted octanol–water partition coefficient (Wildman–Crippen LogP) is 1.77. The fourth-order valence-corrected chi connectivity index (χ4v) is 1.30. The topological polar surface area (TPSA) is 25.4 Å². The first-order valence-electron chi connectivity index (χ1n) is 4.81. The second kappa shape index (κ2) is 4.24. The lowest BCUT2D eigenvalue weighted by Gasteiger charge is -2.30. The fraction of sp³-hybridized carbons (Fsp3) is 0.364. The molecule has 2 heterocycles. The van der Waals surface area contributed by atoms with Crippen LogP contribution in [0, 0.1) is 0 Å². The molecule has 0 unspecified atom stereocenters. The first kappa shape index (κ1) is 9.21. The maximum absolute atomic E-state index is 5.57. The van der Waals surface area contributed by atoms with Gasteiger partial charge in [-0.25, -0.2) is 0 Å². The van der Waals surface area contributed by atoms with Gasteiger partial charge in [0.2, 0.25) is 0 Å². The summed E-state index contributed by atoms with van der Waals surface area (Å²) in [6.07, 6.45) is 6.55. The van der Waals surface area contributed by atoms with Gasteiger partial charge in [-0.15, -0.1) is 0 Å². The van der Waals surface area contributed by atoms with E-state index in [4.69, 9.17) is 4.74 Å². The Morgan fingerprint density at radius 3 is 3.00 bits per heavy atom. The van der Waals surface area contributed by atoms with Gasteiger partial charge in [0, 0.05) is 19.3 Å². The van der Waals surface area contributed by atoms with Gasteiger partial charge >= 0.3 is 0 Å². The molecule has 0 atom stereocenters. The summed E-state index contributed by atoms with van der Waals surface area (Å²) in [5, 5.41) is 0. The van der Waals surface area contributed by atoms with E-state index in [1.165, 1.54) is 6.42 Å². The zero-order valence-electron chi connectivity index (χ0n) is 8.15. The van der Waals surface area contributed by atoms with Gasteiger partial charge in [-0.3, -0.25) is 9.88 Å². The van der Waals surface area contributed by atoms with Crippen LogP contribution < -0.4 is 4.74 Å². The fourth-order valence-electron chi connectivity index (χ4n) is 1.30. The highest BCUT2D eigenvalue weighted by Gasteiger charge is 2.13. The van der Waals surface area contributed by atoms with E-state index in [0.29, 0.717) is 6.73 Å². The Labute approximate surface area is 84.0 Å². The molecule has 0 aliphatic carbocycles. The second-order valence-corrected chi connectivity index (χ2v) is 3.40. The van der Waals surface area contributed by atoms with Gasteiger partial charge in [-0.1, -0.05) is 12.7 Å². The van der Waals surface area contributed by atoms with E-state index in [-0.39, 0.29) is 0 Å². The Morgan fingerprint density at radius 1 is 1.50 bits per heavy atom. The minimum absolute atomic E-state index is 0.669. The van der Waals surface area contributed by atoms with Crippen LogP contribution in [-0.2, 0) is 0 Å². The number of nitrogens with zero attached hydrogens (tertiary/aromatic N) is 2. The molecule has 1 aromatic heterocycles. The molecule has 0 bridgehead atoms. The van der Waals surface area contributed by atoms with Crippen LogP contribution in [0.1, 0.15) is 12.0 Å². The van der Waals surface area contributed by atoms with E-state index in [0.717, 1.165) is 24.4 Å². The molecule has 0 spiro atoms. The minimum atomic E-state index is 0.669. The molecular weight excluding hydrogens is 176 g/mol. The number of likely N-dealkylation sites (tertiary alicyclic amines) is 1. The maximum Gasteiger partial charge on any atom is 0.142 e. The number of rotatable bonds is 4. The van der Waals surface area contributed by atoms with Crippen molar-refractivity contribution >= 4 is 6.08 Å². The van der Waals surface area contributed by atoms with Crippen LogP contribution in [0.2, 0.25) is 0 Å². The Morgan fingerprint density at radius 2 is 2.36 bits per heavy atom. The first-order valence-corrected chi connectivity index (χ1v) is 4.81. The summed E-state index contributed by atoms with van der Waals surface area (Å²) in [7, 11) is 0. The maximum atomic E-state index is 5.57. The van der Waals surface area contributed by atoms with Gasteiger partial charge < -0.3 is 4.74 Å². The lowest BCUT2D eigenvalue weighted by molar-refractivity contribution is 0.0728. The molecule has 0 saturated carbocycles. The van der Waals surface area contributed by atoms with E-state index < -0.39 is 0 Å². The zero-order chi connectivity index (χ0) is 9.80. The standard InChI is InChI=1S/C11H14N2O/c1-2-10-6-11(8-12-7-10)14-9-13-4-3-5-13/h2,6-8H,1,3-5,9H2. The van der Waals surface area contributed by atoms with Crippen molar-refractivity contribution < 1.29 is 4.74 Å². The molecule has 0 aromatic carbocycles. The third-order valence-corrected chi connectivity index (χ3v) is 2.33. The molecule has 0 amide bonds. The number of hydrogen-bond donors (Lipinski definition) is 0. The largest absolute Gasteiger partial charge is 0.477 e. The molecule has 0 radical (unpaired) electrons. The normalized spacial score (nSPS) is 16.0. The molecule has 0 N–H and O–H groups in total. The molecule has 1 aromatic rings. The average Bonchev–Trinajstić information content (AvgIpc) is 2.16. The average molecular weight is 190 g/mol. The lowest BCUT2D eigenvalue weighted by atomic mass is 10.2. The van der Waals surface area contributed by atoms with Crippen molar-refractivity contribution in [2.45, 2.75) is 6.42 Å².